The van der Waals surface area contributed by atoms with Crippen LogP contribution in [-0.4, -0.2) is 52.7 Å². The van der Waals surface area contributed by atoms with Crippen molar-refractivity contribution in [2.75, 3.05) is 13.1 Å². The van der Waals surface area contributed by atoms with Gasteiger partial charge in [-0.15, -0.1) is 5.10 Å². The van der Waals surface area contributed by atoms with Crippen molar-refractivity contribution in [3.8, 4) is 0 Å². The van der Waals surface area contributed by atoms with Crippen molar-refractivity contribution in [1.82, 2.24) is 15.1 Å². The fourth-order valence-corrected chi connectivity index (χ4v) is 6.89. The number of benzene rings is 1. The van der Waals surface area contributed by atoms with Crippen LogP contribution in [0.15, 0.2) is 45.3 Å². The van der Waals surface area contributed by atoms with Crippen molar-refractivity contribution >= 4 is 23.7 Å². The largest absolute Gasteiger partial charge is 0.345 e. The first kappa shape index (κ1) is 22.2. The number of amides is 1. The summed E-state index contributed by atoms with van der Waals surface area (Å²) in [6.45, 7) is 7.39. The van der Waals surface area contributed by atoms with Crippen LogP contribution in [0, 0.1) is 18.3 Å². The molecule has 7 nitrogen and oxygen atoms in total. The zero-order chi connectivity index (χ0) is 24.6. The molecule has 1 radical (unpaired) electrons. The van der Waals surface area contributed by atoms with Crippen molar-refractivity contribution in [2.24, 2.45) is 15.6 Å². The second-order valence-electron chi connectivity index (χ2n) is 11.3. The van der Waals surface area contributed by atoms with Gasteiger partial charge in [-0.1, -0.05) is 12.1 Å². The molecule has 1 aromatic carbocycles. The van der Waals surface area contributed by atoms with Crippen molar-refractivity contribution in [2.45, 2.75) is 71.5 Å². The van der Waals surface area contributed by atoms with Crippen molar-refractivity contribution < 1.29 is 9.59 Å². The minimum absolute atomic E-state index is 0.118. The molecule has 6 aliphatic rings. The predicted octanol–water partition coefficient (Wildman–Crippen LogP) is 3.57. The van der Waals surface area contributed by atoms with E-state index in [-0.39, 0.29) is 17.1 Å². The first-order valence-electron chi connectivity index (χ1n) is 13.3. The van der Waals surface area contributed by atoms with E-state index < -0.39 is 0 Å². The Morgan fingerprint density at radius 2 is 1.97 bits per heavy atom. The lowest BCUT2D eigenvalue weighted by Gasteiger charge is -2.36. The molecule has 7 rings (SSSR count). The Labute approximate surface area is 212 Å². The third-order valence-corrected chi connectivity index (χ3v) is 9.32. The molecule has 1 N–H and O–H groups in total. The number of hydrogen-bond acceptors (Lipinski definition) is 6. The number of carbonyl (C=O) groups excluding carboxylic acids is 2. The van der Waals surface area contributed by atoms with Crippen LogP contribution in [0.2, 0.25) is 0 Å². The molecule has 0 unspecified atom stereocenters. The molecule has 3 aliphatic heterocycles. The summed E-state index contributed by atoms with van der Waals surface area (Å²) in [6, 6.07) is 5.03. The van der Waals surface area contributed by atoms with Crippen LogP contribution < -0.4 is 5.32 Å². The summed E-state index contributed by atoms with van der Waals surface area (Å²) in [5, 5.41) is 12.3. The monoisotopic (exact) mass is 482 g/mol. The first-order valence-corrected chi connectivity index (χ1v) is 13.3. The number of aryl methyl sites for hydroxylation is 1. The lowest BCUT2D eigenvalue weighted by molar-refractivity contribution is -0.136. The normalized spacial score (nSPS) is 29.0. The zero-order valence-corrected chi connectivity index (χ0v) is 21.1. The zero-order valence-electron chi connectivity index (χ0n) is 21.1. The number of likely N-dealkylation sites (tertiary alicyclic amines) is 1. The van der Waals surface area contributed by atoms with Crippen LogP contribution in [0.3, 0.4) is 0 Å². The minimum atomic E-state index is -0.243. The van der Waals surface area contributed by atoms with Gasteiger partial charge in [-0.25, -0.2) is 0 Å². The summed E-state index contributed by atoms with van der Waals surface area (Å²) in [5.41, 5.74) is 7.53. The van der Waals surface area contributed by atoms with E-state index in [4.69, 9.17) is 0 Å². The number of Topliss-reactive ketones (excluding diaryl/α,β-unsaturated/α-hetero) is 1. The van der Waals surface area contributed by atoms with Crippen LogP contribution in [0.5, 0.6) is 0 Å². The van der Waals surface area contributed by atoms with Gasteiger partial charge in [-0.05, 0) is 68.7 Å². The minimum Gasteiger partial charge on any atom is -0.345 e. The molecule has 1 saturated carbocycles. The molecule has 3 heterocycles. The van der Waals surface area contributed by atoms with Crippen molar-refractivity contribution in [1.29, 1.82) is 0 Å². The van der Waals surface area contributed by atoms with Gasteiger partial charge in [0.15, 0.2) is 11.6 Å². The molecule has 185 valence electrons. The highest BCUT2D eigenvalue weighted by atomic mass is 16.2. The van der Waals surface area contributed by atoms with E-state index >= 15 is 0 Å². The summed E-state index contributed by atoms with van der Waals surface area (Å²) >= 11 is 0. The number of ketones is 1. The molecule has 3 aliphatic carbocycles. The number of nitrogens with one attached hydrogen (secondary N) is 1. The second-order valence-corrected chi connectivity index (χ2v) is 11.3. The van der Waals surface area contributed by atoms with Crippen molar-refractivity contribution in [3.63, 3.8) is 0 Å². The average Bonchev–Trinajstić information content (AvgIpc) is 3.50. The summed E-state index contributed by atoms with van der Waals surface area (Å²) in [6.07, 6.45) is 9.39. The molecule has 1 saturated heterocycles. The van der Waals surface area contributed by atoms with Gasteiger partial charge in [0.25, 0.3) is 0 Å². The van der Waals surface area contributed by atoms with Crippen LogP contribution in [0.4, 0.5) is 0 Å². The highest BCUT2D eigenvalue weighted by Gasteiger charge is 2.51. The highest BCUT2D eigenvalue weighted by molar-refractivity contribution is 6.17. The van der Waals surface area contributed by atoms with Gasteiger partial charge >= 0.3 is 0 Å². The van der Waals surface area contributed by atoms with Crippen LogP contribution in [0.1, 0.15) is 67.7 Å². The van der Waals surface area contributed by atoms with Crippen molar-refractivity contribution in [3.05, 3.63) is 63.2 Å². The molecule has 1 amide bonds. The van der Waals surface area contributed by atoms with Crippen LogP contribution in [0.25, 0.3) is 0 Å². The second kappa shape index (κ2) is 7.97. The van der Waals surface area contributed by atoms with Gasteiger partial charge in [0.2, 0.25) is 5.91 Å². The number of allylic oxidation sites excluding steroid dienone is 4. The number of hydrogen-bond donors (Lipinski definition) is 1. The van der Waals surface area contributed by atoms with E-state index in [1.54, 1.807) is 0 Å². The molecule has 0 atom stereocenters. The highest BCUT2D eigenvalue weighted by Crippen LogP contribution is 2.50. The maximum absolute atomic E-state index is 13.6. The molecule has 36 heavy (non-hydrogen) atoms. The average molecular weight is 483 g/mol. The van der Waals surface area contributed by atoms with Gasteiger partial charge < -0.3 is 15.1 Å². The first-order chi connectivity index (χ1) is 17.4. The van der Waals surface area contributed by atoms with Gasteiger partial charge in [-0.2, -0.15) is 5.10 Å². The Morgan fingerprint density at radius 1 is 1.14 bits per heavy atom. The SMILES string of the molecule is CC1=C(N2CCC3(CCC(NCc4cc5c(cc4C)C4=NN=CCN4C5)CC3)C2=O)C[C]2C=C2C1=O. The lowest BCUT2D eigenvalue weighted by Crippen LogP contribution is -2.42. The molecular formula is C29H32N5O2. The van der Waals surface area contributed by atoms with E-state index in [1.165, 1.54) is 22.3 Å². The van der Waals surface area contributed by atoms with Gasteiger partial charge in [-0.3, -0.25) is 9.59 Å². The topological polar surface area (TPSA) is 77.4 Å². The number of amidine groups is 1. The van der Waals surface area contributed by atoms with E-state index in [0.717, 1.165) is 93.3 Å². The molecule has 0 aromatic heterocycles. The molecule has 1 aromatic rings. The molecule has 2 fully saturated rings. The summed E-state index contributed by atoms with van der Waals surface area (Å²) in [4.78, 5) is 30.3. The summed E-state index contributed by atoms with van der Waals surface area (Å²) in [7, 11) is 0. The maximum Gasteiger partial charge on any atom is 0.233 e. The number of rotatable bonds is 4. The van der Waals surface area contributed by atoms with Crippen LogP contribution >= 0.6 is 0 Å². The molecule has 7 heteroatoms. The Bertz CT molecular complexity index is 1310. The molecule has 1 spiro atoms. The van der Waals surface area contributed by atoms with E-state index in [9.17, 15) is 9.59 Å². The standard InChI is InChI=1S/C29H32N5O2/c1-17-11-24-21(16-33-10-8-31-32-27(24)33)12-20(17)15-30-22-3-5-29(6-4-22)7-9-34(28(29)36)25-14-19-13-23(19)26(35)18(25)2/h8,11-13,22,30H,3-7,9-10,14-16H2,1-2H3. The van der Waals surface area contributed by atoms with Gasteiger partial charge in [0.1, 0.15) is 0 Å². The van der Waals surface area contributed by atoms with E-state index in [2.05, 4.69) is 39.5 Å². The van der Waals surface area contributed by atoms with E-state index in [0.29, 0.717) is 6.04 Å². The fourth-order valence-electron chi connectivity index (χ4n) is 6.89. The molecule has 0 bridgehead atoms. The Kier molecular flexibility index (Phi) is 4.91. The molecular weight excluding hydrogens is 450 g/mol. The predicted molar refractivity (Wildman–Crippen MR) is 138 cm³/mol. The number of nitrogens with zero attached hydrogens (tertiary/aromatic N) is 4. The smallest absolute Gasteiger partial charge is 0.233 e. The third kappa shape index (κ3) is 3.35. The third-order valence-electron chi connectivity index (χ3n) is 9.32. The quantitative estimate of drug-likeness (QED) is 0.712. The van der Waals surface area contributed by atoms with Gasteiger partial charge in [0, 0.05) is 66.6 Å². The maximum atomic E-state index is 13.6. The number of carbonyl (C=O) groups is 2. The fraction of sp³-hybridized carbons (Fsp3) is 0.483. The lowest BCUT2D eigenvalue weighted by atomic mass is 9.71. The summed E-state index contributed by atoms with van der Waals surface area (Å²) < 4.78 is 0. The Morgan fingerprint density at radius 3 is 2.81 bits per heavy atom. The van der Waals surface area contributed by atoms with Gasteiger partial charge in [0.05, 0.1) is 12.0 Å². The van der Waals surface area contributed by atoms with Crippen LogP contribution in [-0.2, 0) is 22.7 Å². The number of fused-ring (bicyclic) bond motifs is 4. The van der Waals surface area contributed by atoms with E-state index in [1.807, 2.05) is 24.1 Å². The Balaban J connectivity index is 0.985. The Hall–Kier alpha value is -3.06. The summed E-state index contributed by atoms with van der Waals surface area (Å²) in [5.74, 6) is 2.50.